The summed E-state index contributed by atoms with van der Waals surface area (Å²) in [5.74, 6) is -0.700. The summed E-state index contributed by atoms with van der Waals surface area (Å²) in [6, 6.07) is 10.6. The van der Waals surface area contributed by atoms with Crippen LogP contribution in [0, 0.1) is 11.6 Å². The number of aliphatic hydroxyl groups excluding tert-OH is 4. The van der Waals surface area contributed by atoms with Gasteiger partial charge < -0.3 is 30.6 Å². The molecule has 5 aromatic heterocycles. The van der Waals surface area contributed by atoms with Gasteiger partial charge in [0.1, 0.15) is 30.2 Å². The fourth-order valence-corrected chi connectivity index (χ4v) is 9.56. The lowest BCUT2D eigenvalue weighted by atomic mass is 9.89. The molecule has 3 amide bonds. The molecule has 0 aliphatic carbocycles. The van der Waals surface area contributed by atoms with E-state index in [9.17, 15) is 33.0 Å². The molecule has 0 saturated carbocycles. The van der Waals surface area contributed by atoms with E-state index in [0.29, 0.717) is 67.8 Å². The molecule has 2 saturated heterocycles. The number of benzene rings is 2. The lowest BCUT2D eigenvalue weighted by Gasteiger charge is -2.36. The number of urea groups is 1. The Morgan fingerprint density at radius 1 is 0.746 bits per heavy atom. The molecular weight excluding hydrogens is 964 g/mol. The fourth-order valence-electron chi connectivity index (χ4n) is 7.11. The molecule has 0 bridgehead atoms. The maximum absolute atomic E-state index is 15.6. The van der Waals surface area contributed by atoms with E-state index < -0.39 is 42.8 Å². The first-order valence-electron chi connectivity index (χ1n) is 20.5. The van der Waals surface area contributed by atoms with Crippen LogP contribution in [0.4, 0.5) is 37.4 Å². The fraction of sp³-hybridized carbons (Fsp3) is 0.326. The lowest BCUT2D eigenvalue weighted by Crippen LogP contribution is -2.45. The Labute approximate surface area is 397 Å². The maximum Gasteiger partial charge on any atom is 0.333 e. The van der Waals surface area contributed by atoms with Crippen molar-refractivity contribution in [2.75, 3.05) is 50.0 Å². The first-order chi connectivity index (χ1) is 32.1. The number of nitrogens with zero attached hydrogens (tertiary/aromatic N) is 7. The Kier molecular flexibility index (Phi) is 16.0. The molecule has 16 nitrogen and oxygen atoms in total. The van der Waals surface area contributed by atoms with E-state index in [2.05, 4.69) is 40.9 Å². The quantitative estimate of drug-likeness (QED) is 0.0719. The molecule has 0 radical (unpaired) electrons. The second-order valence-electron chi connectivity index (χ2n) is 15.4. The molecule has 24 heteroatoms. The first kappa shape index (κ1) is 49.5. The minimum absolute atomic E-state index is 0.0000953. The highest BCUT2D eigenvalue weighted by atomic mass is 35.5. The average molecular weight is 1010 g/mol. The third-order valence-corrected chi connectivity index (χ3v) is 13.2. The van der Waals surface area contributed by atoms with Gasteiger partial charge in [-0.2, -0.15) is 0 Å². The Balaban J connectivity index is 0.000000159. The van der Waals surface area contributed by atoms with E-state index >= 15 is 4.39 Å². The summed E-state index contributed by atoms with van der Waals surface area (Å²) in [5, 5.41) is 46.4. The van der Waals surface area contributed by atoms with Gasteiger partial charge >= 0.3 is 12.1 Å². The largest absolute Gasteiger partial charge is 0.393 e. The number of pyridine rings is 2. The van der Waals surface area contributed by atoms with Gasteiger partial charge in [-0.15, -0.1) is 0 Å². The smallest absolute Gasteiger partial charge is 0.333 e. The molecule has 2 atom stereocenters. The molecule has 2 aromatic carbocycles. The summed E-state index contributed by atoms with van der Waals surface area (Å²) in [4.78, 5) is 46.1. The Morgan fingerprint density at radius 2 is 1.22 bits per heavy atom. The van der Waals surface area contributed by atoms with Crippen molar-refractivity contribution < 1.29 is 47.6 Å². The number of fused-ring (bicyclic) bond motifs is 2. The summed E-state index contributed by atoms with van der Waals surface area (Å²) >= 11 is 14.6. The zero-order chi connectivity index (χ0) is 47.9. The van der Waals surface area contributed by atoms with E-state index in [1.807, 2.05) is 0 Å². The van der Waals surface area contributed by atoms with Crippen LogP contribution in [-0.4, -0.2) is 106 Å². The third-order valence-electron chi connectivity index (χ3n) is 10.8. The Morgan fingerprint density at radius 3 is 1.67 bits per heavy atom. The van der Waals surface area contributed by atoms with Gasteiger partial charge in [-0.05, 0) is 74.5 Å². The molecule has 67 heavy (non-hydrogen) atoms. The van der Waals surface area contributed by atoms with Crippen molar-refractivity contribution in [3.8, 4) is 0 Å². The van der Waals surface area contributed by atoms with Crippen molar-refractivity contribution in [1.29, 1.82) is 0 Å². The van der Waals surface area contributed by atoms with Crippen LogP contribution in [0.5, 0.6) is 0 Å². The number of aromatic nitrogens is 6. The monoisotopic (exact) mass is 1000 g/mol. The van der Waals surface area contributed by atoms with E-state index in [1.165, 1.54) is 94.4 Å². The highest BCUT2D eigenvalue weighted by Crippen LogP contribution is 2.41. The zero-order valence-corrected chi connectivity index (χ0v) is 38.2. The second kappa shape index (κ2) is 21.7. The van der Waals surface area contributed by atoms with E-state index in [-0.39, 0.29) is 65.0 Å². The number of thiazole rings is 2. The normalized spacial score (nSPS) is 16.3. The molecule has 7 heterocycles. The van der Waals surface area contributed by atoms with Crippen molar-refractivity contribution in [2.45, 2.75) is 49.2 Å². The van der Waals surface area contributed by atoms with E-state index in [4.69, 9.17) is 33.4 Å². The number of imidazole rings is 1. The van der Waals surface area contributed by atoms with Gasteiger partial charge in [0, 0.05) is 61.8 Å². The minimum atomic E-state index is -1.82. The first-order valence-corrected chi connectivity index (χ1v) is 22.9. The number of amides is 3. The van der Waals surface area contributed by atoms with Crippen LogP contribution >= 0.6 is 45.9 Å². The number of piperidine rings is 2. The van der Waals surface area contributed by atoms with Crippen molar-refractivity contribution in [3.05, 3.63) is 124 Å². The van der Waals surface area contributed by atoms with Crippen molar-refractivity contribution >= 4 is 88.6 Å². The van der Waals surface area contributed by atoms with Gasteiger partial charge in [-0.3, -0.25) is 25.2 Å². The highest BCUT2D eigenvalue weighted by Gasteiger charge is 2.41. The molecule has 0 unspecified atom stereocenters. The van der Waals surface area contributed by atoms with Crippen LogP contribution in [0.15, 0.2) is 79.6 Å². The van der Waals surface area contributed by atoms with Crippen LogP contribution in [0.3, 0.4) is 0 Å². The van der Waals surface area contributed by atoms with Gasteiger partial charge in [-0.1, -0.05) is 45.9 Å². The molecular formula is C43H42Cl2F4N10O6S2. The van der Waals surface area contributed by atoms with E-state index in [0.717, 1.165) is 11.3 Å². The van der Waals surface area contributed by atoms with Crippen LogP contribution in [-0.2, 0) is 11.3 Å². The van der Waals surface area contributed by atoms with Gasteiger partial charge in [0.15, 0.2) is 21.6 Å². The summed E-state index contributed by atoms with van der Waals surface area (Å²) in [7, 11) is 0. The lowest BCUT2D eigenvalue weighted by molar-refractivity contribution is 0.0679. The maximum atomic E-state index is 15.6. The minimum Gasteiger partial charge on any atom is -0.393 e. The third kappa shape index (κ3) is 12.0. The molecule has 354 valence electrons. The number of anilines is 2. The number of carbonyl (C=O) groups is 2. The number of hydrogen-bond acceptors (Lipinski definition) is 14. The van der Waals surface area contributed by atoms with Crippen molar-refractivity contribution in [1.82, 2.24) is 39.7 Å². The predicted molar refractivity (Wildman–Crippen MR) is 246 cm³/mol. The second-order valence-corrected chi connectivity index (χ2v) is 18.2. The molecule has 2 aliphatic rings. The van der Waals surface area contributed by atoms with Gasteiger partial charge in [0.25, 0.3) is 0 Å². The van der Waals surface area contributed by atoms with Gasteiger partial charge in [0.05, 0.1) is 55.1 Å². The molecule has 9 rings (SSSR count). The number of alkyl halides is 2. The summed E-state index contributed by atoms with van der Waals surface area (Å²) in [6.45, 7) is 0.556. The molecule has 2 aliphatic heterocycles. The topological polar surface area (TPSA) is 224 Å². The molecule has 0 spiro atoms. The number of aliphatic hydroxyl groups is 4. The summed E-state index contributed by atoms with van der Waals surface area (Å²) in [5.41, 5.74) is -1.12. The number of nitrogens with one attached hydrogen (secondary N) is 3. The Bertz CT molecular complexity index is 2830. The SMILES string of the molecule is O=C(Nc1nc2ccc(F)cc2s1)N1CCC(F)(c2ncc([C@H](O)CO)cc2Cl)CC1.O=C(Nc1nc2ccc(F)cc2s1)n1ccnc1.OC[C@@H](O)c1cnc(C2(F)CCNCC2)c(Cl)c1. The standard InChI is InChI=1S/C20H19ClF2N4O3S.C12H16ClFN2O2.C11H7FN4OS/c21-13-7-11(15(29)10-28)9-24-17(13)20(23)3-5-27(6-4-20)19(30)26-18-25-14-2-1-12(22)8-16(14)31-18;13-9-5-8(10(18)7-17)6-16-11(9)12(14)1-3-15-4-2-12;12-7-1-2-8-9(5-7)18-10(14-8)15-11(17)16-4-3-13-6-16/h1-2,7-9,15,28-29H,3-6,10H2,(H,25,26,30);5-6,10,15,17-18H,1-4,7H2;1-6H,(H,14,15,17)/t15-;10-;/m11./s1. The summed E-state index contributed by atoms with van der Waals surface area (Å²) in [6.07, 6.45) is 5.58. The average Bonchev–Trinajstić information content (AvgIpc) is 4.09. The number of hydrogen-bond donors (Lipinski definition) is 7. The Hall–Kier alpha value is -5.43. The molecule has 2 fully saturated rings. The van der Waals surface area contributed by atoms with Crippen LogP contribution in [0.2, 0.25) is 10.0 Å². The zero-order valence-electron chi connectivity index (χ0n) is 35.1. The van der Waals surface area contributed by atoms with E-state index in [1.54, 1.807) is 6.07 Å². The molecule has 7 N–H and O–H groups in total. The molecule has 7 aromatic rings. The van der Waals surface area contributed by atoms with Gasteiger partial charge in [-0.25, -0.2) is 42.1 Å². The number of rotatable bonds is 8. The number of likely N-dealkylation sites (tertiary alicyclic amines) is 1. The summed E-state index contributed by atoms with van der Waals surface area (Å²) < 4.78 is 59.2. The van der Waals surface area contributed by atoms with Crippen molar-refractivity contribution in [2.24, 2.45) is 0 Å². The van der Waals surface area contributed by atoms with Crippen LogP contribution in [0.1, 0.15) is 60.4 Å². The van der Waals surface area contributed by atoms with Crippen LogP contribution in [0.25, 0.3) is 20.4 Å². The van der Waals surface area contributed by atoms with Crippen LogP contribution < -0.4 is 16.0 Å². The van der Waals surface area contributed by atoms with Crippen molar-refractivity contribution in [3.63, 3.8) is 0 Å². The van der Waals surface area contributed by atoms with Gasteiger partial charge in [0.2, 0.25) is 0 Å². The highest BCUT2D eigenvalue weighted by molar-refractivity contribution is 7.22. The number of halogens is 6. The predicted octanol–water partition coefficient (Wildman–Crippen LogP) is 8.02. The number of carbonyl (C=O) groups excluding carboxylic acids is 2.